The Hall–Kier alpha value is -2.01. The second-order valence-electron chi connectivity index (χ2n) is 6.45. The Morgan fingerprint density at radius 2 is 2.12 bits per heavy atom. The van der Waals surface area contributed by atoms with Crippen LogP contribution in [0.5, 0.6) is 0 Å². The number of fused-ring (bicyclic) bond motifs is 2. The zero-order valence-electron chi connectivity index (χ0n) is 13.5. The Bertz CT molecular complexity index is 772. The fourth-order valence-corrected chi connectivity index (χ4v) is 3.83. The Balaban J connectivity index is 1.41. The summed E-state index contributed by atoms with van der Waals surface area (Å²) in [5.41, 5.74) is 4.35. The third-order valence-corrected chi connectivity index (χ3v) is 5.30. The van der Waals surface area contributed by atoms with E-state index in [-0.39, 0.29) is 6.03 Å². The highest BCUT2D eigenvalue weighted by Gasteiger charge is 2.24. The lowest BCUT2D eigenvalue weighted by atomic mass is 9.96. The standard InChI is InChI=1S/C18H20ClN3O2/c19-15-6-3-4-12-8-9-22(11-14(12)15)18(23)20-10-16-13-5-1-2-7-17(13)24-21-16/h3-4,6H,1-2,5,7-11H2,(H,20,23). The predicted octanol–water partition coefficient (Wildman–Crippen LogP) is 3.47. The van der Waals surface area contributed by atoms with Crippen molar-refractivity contribution in [3.63, 3.8) is 0 Å². The molecule has 2 amide bonds. The lowest BCUT2D eigenvalue weighted by molar-refractivity contribution is 0.191. The van der Waals surface area contributed by atoms with Crippen molar-refractivity contribution < 1.29 is 9.32 Å². The molecule has 1 aromatic carbocycles. The number of aryl methyl sites for hydroxylation is 1. The second kappa shape index (κ2) is 6.48. The third-order valence-electron chi connectivity index (χ3n) is 4.94. The van der Waals surface area contributed by atoms with Gasteiger partial charge in [-0.15, -0.1) is 0 Å². The third kappa shape index (κ3) is 2.88. The minimum Gasteiger partial charge on any atom is -0.361 e. The molecule has 2 aliphatic rings. The van der Waals surface area contributed by atoms with Gasteiger partial charge >= 0.3 is 6.03 Å². The molecule has 6 heteroatoms. The average molecular weight is 346 g/mol. The molecule has 0 atom stereocenters. The van der Waals surface area contributed by atoms with Gasteiger partial charge in [0.15, 0.2) is 0 Å². The quantitative estimate of drug-likeness (QED) is 0.906. The first-order valence-electron chi connectivity index (χ1n) is 8.47. The SMILES string of the molecule is O=C(NCc1noc2c1CCCC2)N1CCc2cccc(Cl)c2C1. The van der Waals surface area contributed by atoms with E-state index in [1.807, 2.05) is 12.1 Å². The first kappa shape index (κ1) is 15.5. The van der Waals surface area contributed by atoms with Crippen LogP contribution in [-0.4, -0.2) is 22.6 Å². The van der Waals surface area contributed by atoms with Crippen molar-refractivity contribution in [2.45, 2.75) is 45.2 Å². The van der Waals surface area contributed by atoms with Crippen LogP contribution in [0.25, 0.3) is 0 Å². The van der Waals surface area contributed by atoms with Gasteiger partial charge in [0.1, 0.15) is 11.5 Å². The molecule has 0 saturated heterocycles. The van der Waals surface area contributed by atoms with E-state index in [0.29, 0.717) is 19.6 Å². The van der Waals surface area contributed by atoms with Gasteiger partial charge in [0.2, 0.25) is 0 Å². The zero-order chi connectivity index (χ0) is 16.5. The van der Waals surface area contributed by atoms with E-state index in [4.69, 9.17) is 16.1 Å². The Labute approximate surface area is 146 Å². The highest BCUT2D eigenvalue weighted by atomic mass is 35.5. The van der Waals surface area contributed by atoms with Crippen LogP contribution in [0.1, 0.15) is 41.0 Å². The molecule has 24 heavy (non-hydrogen) atoms. The fourth-order valence-electron chi connectivity index (χ4n) is 3.57. The fraction of sp³-hybridized carbons (Fsp3) is 0.444. The molecular weight excluding hydrogens is 326 g/mol. The summed E-state index contributed by atoms with van der Waals surface area (Å²) in [6.45, 7) is 1.68. The summed E-state index contributed by atoms with van der Waals surface area (Å²) in [5.74, 6) is 0.990. The number of halogens is 1. The predicted molar refractivity (Wildman–Crippen MR) is 90.9 cm³/mol. The van der Waals surface area contributed by atoms with Crippen molar-refractivity contribution in [1.29, 1.82) is 0 Å². The van der Waals surface area contributed by atoms with Gasteiger partial charge in [0.25, 0.3) is 0 Å². The van der Waals surface area contributed by atoms with Gasteiger partial charge in [-0.05, 0) is 42.9 Å². The van der Waals surface area contributed by atoms with E-state index in [0.717, 1.165) is 54.1 Å². The summed E-state index contributed by atoms with van der Waals surface area (Å²) in [5, 5.41) is 7.84. The molecule has 1 aromatic heterocycles. The highest BCUT2D eigenvalue weighted by Crippen LogP contribution is 2.26. The van der Waals surface area contributed by atoms with Crippen molar-refractivity contribution in [3.8, 4) is 0 Å². The summed E-state index contributed by atoms with van der Waals surface area (Å²) >= 11 is 6.27. The van der Waals surface area contributed by atoms with Crippen molar-refractivity contribution in [2.24, 2.45) is 0 Å². The first-order valence-corrected chi connectivity index (χ1v) is 8.85. The number of nitrogens with one attached hydrogen (secondary N) is 1. The molecule has 0 bridgehead atoms. The Morgan fingerprint density at radius 1 is 1.25 bits per heavy atom. The van der Waals surface area contributed by atoms with E-state index in [2.05, 4.69) is 16.5 Å². The van der Waals surface area contributed by atoms with Gasteiger partial charge in [-0.2, -0.15) is 0 Å². The molecule has 5 nitrogen and oxygen atoms in total. The van der Waals surface area contributed by atoms with Crippen LogP contribution in [0.15, 0.2) is 22.7 Å². The molecular formula is C18H20ClN3O2. The minimum absolute atomic E-state index is 0.0758. The van der Waals surface area contributed by atoms with Crippen molar-refractivity contribution in [3.05, 3.63) is 51.4 Å². The first-order chi connectivity index (χ1) is 11.7. The van der Waals surface area contributed by atoms with E-state index >= 15 is 0 Å². The summed E-state index contributed by atoms with van der Waals surface area (Å²) in [7, 11) is 0. The lowest BCUT2D eigenvalue weighted by Gasteiger charge is -2.29. The molecule has 126 valence electrons. The number of hydrogen-bond acceptors (Lipinski definition) is 3. The number of urea groups is 1. The summed E-state index contributed by atoms with van der Waals surface area (Å²) in [6.07, 6.45) is 5.11. The highest BCUT2D eigenvalue weighted by molar-refractivity contribution is 6.31. The molecule has 4 rings (SSSR count). The lowest BCUT2D eigenvalue weighted by Crippen LogP contribution is -2.42. The van der Waals surface area contributed by atoms with Crippen molar-refractivity contribution in [1.82, 2.24) is 15.4 Å². The zero-order valence-corrected chi connectivity index (χ0v) is 14.2. The second-order valence-corrected chi connectivity index (χ2v) is 6.85. The molecule has 0 fully saturated rings. The molecule has 0 spiro atoms. The monoisotopic (exact) mass is 345 g/mol. The summed E-state index contributed by atoms with van der Waals surface area (Å²) in [6, 6.07) is 5.85. The van der Waals surface area contributed by atoms with Crippen molar-refractivity contribution >= 4 is 17.6 Å². The molecule has 0 saturated carbocycles. The van der Waals surface area contributed by atoms with Crippen LogP contribution >= 0.6 is 11.6 Å². The van der Waals surface area contributed by atoms with Crippen LogP contribution < -0.4 is 5.32 Å². The van der Waals surface area contributed by atoms with Gasteiger partial charge in [-0.1, -0.05) is 28.9 Å². The maximum absolute atomic E-state index is 12.5. The maximum Gasteiger partial charge on any atom is 0.318 e. The van der Waals surface area contributed by atoms with Crippen LogP contribution in [0.2, 0.25) is 5.02 Å². The van der Waals surface area contributed by atoms with Crippen LogP contribution in [-0.2, 0) is 32.4 Å². The van der Waals surface area contributed by atoms with E-state index in [1.165, 1.54) is 11.1 Å². The Kier molecular flexibility index (Phi) is 4.19. The van der Waals surface area contributed by atoms with Gasteiger partial charge in [-0.3, -0.25) is 0 Å². The van der Waals surface area contributed by atoms with Crippen LogP contribution in [0.4, 0.5) is 4.79 Å². The molecule has 0 radical (unpaired) electrons. The van der Waals surface area contributed by atoms with E-state index < -0.39 is 0 Å². The number of amides is 2. The number of carbonyl (C=O) groups is 1. The number of nitrogens with zero attached hydrogens (tertiary/aromatic N) is 2. The van der Waals surface area contributed by atoms with Gasteiger partial charge in [-0.25, -0.2) is 4.79 Å². The smallest absolute Gasteiger partial charge is 0.318 e. The molecule has 2 aromatic rings. The molecule has 1 aliphatic heterocycles. The molecule has 1 aliphatic carbocycles. The largest absolute Gasteiger partial charge is 0.361 e. The maximum atomic E-state index is 12.5. The van der Waals surface area contributed by atoms with Gasteiger partial charge < -0.3 is 14.7 Å². The molecule has 0 unspecified atom stereocenters. The normalized spacial score (nSPS) is 16.5. The average Bonchev–Trinajstić information content (AvgIpc) is 3.03. The van der Waals surface area contributed by atoms with Crippen LogP contribution in [0, 0.1) is 0 Å². The van der Waals surface area contributed by atoms with Crippen molar-refractivity contribution in [2.75, 3.05) is 6.54 Å². The van der Waals surface area contributed by atoms with Crippen LogP contribution in [0.3, 0.4) is 0 Å². The summed E-state index contributed by atoms with van der Waals surface area (Å²) in [4.78, 5) is 14.3. The van der Waals surface area contributed by atoms with Gasteiger partial charge in [0.05, 0.1) is 6.54 Å². The van der Waals surface area contributed by atoms with Gasteiger partial charge in [0, 0.05) is 30.1 Å². The molecule has 2 heterocycles. The number of rotatable bonds is 2. The number of hydrogen-bond donors (Lipinski definition) is 1. The number of benzene rings is 1. The van der Waals surface area contributed by atoms with E-state index in [1.54, 1.807) is 4.90 Å². The topological polar surface area (TPSA) is 58.4 Å². The minimum atomic E-state index is -0.0758. The number of carbonyl (C=O) groups excluding carboxylic acids is 1. The summed E-state index contributed by atoms with van der Waals surface area (Å²) < 4.78 is 5.39. The Morgan fingerprint density at radius 3 is 3.04 bits per heavy atom. The number of aromatic nitrogens is 1. The molecule has 1 N–H and O–H groups in total. The van der Waals surface area contributed by atoms with E-state index in [9.17, 15) is 4.79 Å².